The van der Waals surface area contributed by atoms with E-state index in [-0.39, 0.29) is 11.3 Å². The fraction of sp³-hybridized carbons (Fsp3) is 0.647. The monoisotopic (exact) mass is 306 g/mol. The van der Waals surface area contributed by atoms with Gasteiger partial charge in [0, 0.05) is 24.5 Å². The topological polar surface area (TPSA) is 33.2 Å². The van der Waals surface area contributed by atoms with E-state index in [1.807, 2.05) is 11.8 Å². The Morgan fingerprint density at radius 1 is 1.38 bits per heavy atom. The summed E-state index contributed by atoms with van der Waals surface area (Å²) in [5.74, 6) is 0.0407. The van der Waals surface area contributed by atoms with Gasteiger partial charge in [-0.3, -0.25) is 9.78 Å². The molecule has 1 saturated heterocycles. The van der Waals surface area contributed by atoms with Crippen molar-refractivity contribution in [3.8, 4) is 0 Å². The summed E-state index contributed by atoms with van der Waals surface area (Å²) in [4.78, 5) is 19.1. The number of carbonyl (C=O) groups is 1. The van der Waals surface area contributed by atoms with Crippen molar-refractivity contribution in [1.29, 1.82) is 0 Å². The van der Waals surface area contributed by atoms with Crippen LogP contribution >= 0.6 is 11.6 Å². The van der Waals surface area contributed by atoms with E-state index in [9.17, 15) is 4.79 Å². The molecule has 114 valence electrons. The van der Waals surface area contributed by atoms with Crippen LogP contribution in [0.1, 0.15) is 56.1 Å². The van der Waals surface area contributed by atoms with E-state index in [4.69, 9.17) is 11.6 Å². The van der Waals surface area contributed by atoms with Crippen LogP contribution in [-0.4, -0.2) is 28.4 Å². The normalized spacial score (nSPS) is 30.5. The van der Waals surface area contributed by atoms with Crippen molar-refractivity contribution in [1.82, 2.24) is 9.88 Å². The molecule has 2 aliphatic rings. The Morgan fingerprint density at radius 2 is 2.10 bits per heavy atom. The molecule has 0 N–H and O–H groups in total. The predicted molar refractivity (Wildman–Crippen MR) is 84.5 cm³/mol. The molecule has 2 atom stereocenters. The lowest BCUT2D eigenvalue weighted by Gasteiger charge is -2.39. The average Bonchev–Trinajstić information content (AvgIpc) is 2.57. The highest BCUT2D eigenvalue weighted by molar-refractivity contribution is 6.33. The molecule has 3 rings (SSSR count). The molecule has 1 aliphatic carbocycles. The molecule has 0 spiro atoms. The Bertz CT molecular complexity index is 598. The van der Waals surface area contributed by atoms with Crippen molar-refractivity contribution in [2.75, 3.05) is 6.54 Å². The molecule has 2 bridgehead atoms. The highest BCUT2D eigenvalue weighted by Gasteiger charge is 2.51. The molecule has 2 fully saturated rings. The molecular formula is C17H23ClN2O. The van der Waals surface area contributed by atoms with Gasteiger partial charge in [-0.05, 0) is 43.1 Å². The van der Waals surface area contributed by atoms with Crippen molar-refractivity contribution < 1.29 is 4.79 Å². The molecule has 1 aromatic rings. The zero-order valence-electron chi connectivity index (χ0n) is 13.2. The molecule has 2 heterocycles. The van der Waals surface area contributed by atoms with Crippen LogP contribution in [0.5, 0.6) is 0 Å². The number of aryl methyl sites for hydroxylation is 1. The van der Waals surface area contributed by atoms with Crippen LogP contribution in [0.2, 0.25) is 5.02 Å². The molecule has 0 aromatic carbocycles. The number of hydrogen-bond acceptors (Lipinski definition) is 2. The van der Waals surface area contributed by atoms with Crippen molar-refractivity contribution in [2.24, 2.45) is 10.8 Å². The van der Waals surface area contributed by atoms with E-state index >= 15 is 0 Å². The summed E-state index contributed by atoms with van der Waals surface area (Å²) in [6.45, 7) is 9.65. The molecular weight excluding hydrogens is 284 g/mol. The third kappa shape index (κ3) is 2.68. The summed E-state index contributed by atoms with van der Waals surface area (Å²) in [6, 6.07) is 2.10. The molecule has 1 aliphatic heterocycles. The predicted octanol–water partition coefficient (Wildman–Crippen LogP) is 4.08. The first-order valence-electron chi connectivity index (χ1n) is 7.62. The van der Waals surface area contributed by atoms with E-state index in [1.54, 1.807) is 12.3 Å². The van der Waals surface area contributed by atoms with Crippen LogP contribution in [0.3, 0.4) is 0 Å². The molecule has 4 heteroatoms. The van der Waals surface area contributed by atoms with Crippen LogP contribution in [0.25, 0.3) is 0 Å². The fourth-order valence-electron chi connectivity index (χ4n) is 4.54. The molecule has 21 heavy (non-hydrogen) atoms. The lowest BCUT2D eigenvalue weighted by atomic mass is 9.65. The van der Waals surface area contributed by atoms with Gasteiger partial charge in [-0.25, -0.2) is 0 Å². The number of aromatic nitrogens is 1. The molecule has 2 unspecified atom stereocenters. The van der Waals surface area contributed by atoms with Crippen molar-refractivity contribution in [3.05, 3.63) is 28.5 Å². The maximum absolute atomic E-state index is 12.9. The standard InChI is InChI=1S/C17H23ClN2O/c1-11-5-14(18)13(8-19-11)15(21)20-10-17(4)7-12(20)6-16(2,3)9-17/h5,8,12H,6-7,9-10H2,1-4H3. The van der Waals surface area contributed by atoms with Crippen molar-refractivity contribution in [2.45, 2.75) is 53.0 Å². The van der Waals surface area contributed by atoms with E-state index < -0.39 is 0 Å². The zero-order chi connectivity index (χ0) is 15.4. The lowest BCUT2D eigenvalue weighted by Crippen LogP contribution is -2.37. The van der Waals surface area contributed by atoms with E-state index in [0.717, 1.165) is 25.1 Å². The van der Waals surface area contributed by atoms with Crippen molar-refractivity contribution >= 4 is 17.5 Å². The summed E-state index contributed by atoms with van der Waals surface area (Å²) >= 11 is 6.25. The van der Waals surface area contributed by atoms with Gasteiger partial charge < -0.3 is 4.90 Å². The lowest BCUT2D eigenvalue weighted by molar-refractivity contribution is 0.0708. The van der Waals surface area contributed by atoms with Gasteiger partial charge in [0.15, 0.2) is 0 Å². The first-order valence-corrected chi connectivity index (χ1v) is 8.00. The average molecular weight is 307 g/mol. The molecule has 3 nitrogen and oxygen atoms in total. The second kappa shape index (κ2) is 4.70. The minimum absolute atomic E-state index is 0.0407. The second-order valence-electron chi connectivity index (χ2n) is 7.95. The SMILES string of the molecule is Cc1cc(Cl)c(C(=O)N2CC3(C)CC2CC(C)(C)C3)cn1. The Balaban J connectivity index is 1.90. The van der Waals surface area contributed by atoms with Crippen molar-refractivity contribution in [3.63, 3.8) is 0 Å². The number of likely N-dealkylation sites (tertiary alicyclic amines) is 1. The van der Waals surface area contributed by atoms with Crippen LogP contribution in [0.4, 0.5) is 0 Å². The summed E-state index contributed by atoms with van der Waals surface area (Å²) in [5, 5.41) is 0.512. The smallest absolute Gasteiger partial charge is 0.257 e. The Kier molecular flexibility index (Phi) is 3.32. The Labute approximate surface area is 131 Å². The zero-order valence-corrected chi connectivity index (χ0v) is 14.0. The molecule has 1 amide bonds. The third-order valence-corrected chi connectivity index (χ3v) is 5.21. The van der Waals surface area contributed by atoms with Gasteiger partial charge in [-0.2, -0.15) is 0 Å². The summed E-state index contributed by atoms with van der Waals surface area (Å²) in [7, 11) is 0. The number of rotatable bonds is 1. The molecule has 0 radical (unpaired) electrons. The van der Waals surface area contributed by atoms with Gasteiger partial charge in [-0.15, -0.1) is 0 Å². The van der Waals surface area contributed by atoms with Crippen LogP contribution in [0, 0.1) is 17.8 Å². The molecule has 1 aromatic heterocycles. The number of amides is 1. The van der Waals surface area contributed by atoms with Crippen LogP contribution in [0.15, 0.2) is 12.3 Å². The first kappa shape index (κ1) is 14.8. The number of carbonyl (C=O) groups excluding carboxylic acids is 1. The third-order valence-electron chi connectivity index (χ3n) is 4.90. The first-order chi connectivity index (χ1) is 9.69. The van der Waals surface area contributed by atoms with E-state index in [1.165, 1.54) is 6.42 Å². The van der Waals surface area contributed by atoms with E-state index in [2.05, 4.69) is 25.8 Å². The summed E-state index contributed by atoms with van der Waals surface area (Å²) in [5.41, 5.74) is 1.93. The Morgan fingerprint density at radius 3 is 2.76 bits per heavy atom. The highest BCUT2D eigenvalue weighted by atomic mass is 35.5. The van der Waals surface area contributed by atoms with E-state index in [0.29, 0.717) is 22.0 Å². The maximum Gasteiger partial charge on any atom is 0.257 e. The van der Waals surface area contributed by atoms with Gasteiger partial charge >= 0.3 is 0 Å². The number of halogens is 1. The number of hydrogen-bond donors (Lipinski definition) is 0. The number of nitrogens with zero attached hydrogens (tertiary/aromatic N) is 2. The van der Waals surface area contributed by atoms with Gasteiger partial charge in [-0.1, -0.05) is 32.4 Å². The quantitative estimate of drug-likeness (QED) is 0.783. The van der Waals surface area contributed by atoms with Crippen LogP contribution < -0.4 is 0 Å². The number of fused-ring (bicyclic) bond motifs is 2. The summed E-state index contributed by atoms with van der Waals surface area (Å²) < 4.78 is 0. The van der Waals surface area contributed by atoms with Gasteiger partial charge in [0.25, 0.3) is 5.91 Å². The Hall–Kier alpha value is -1.09. The minimum atomic E-state index is 0.0407. The van der Waals surface area contributed by atoms with Crippen LogP contribution in [-0.2, 0) is 0 Å². The number of pyridine rings is 1. The van der Waals surface area contributed by atoms with Gasteiger partial charge in [0.2, 0.25) is 0 Å². The second-order valence-corrected chi connectivity index (χ2v) is 8.36. The minimum Gasteiger partial charge on any atom is -0.335 e. The van der Waals surface area contributed by atoms with Gasteiger partial charge in [0.05, 0.1) is 10.6 Å². The highest BCUT2D eigenvalue weighted by Crippen LogP contribution is 2.52. The largest absolute Gasteiger partial charge is 0.335 e. The summed E-state index contributed by atoms with van der Waals surface area (Å²) in [6.07, 6.45) is 4.99. The maximum atomic E-state index is 12.9. The van der Waals surface area contributed by atoms with Gasteiger partial charge in [0.1, 0.15) is 0 Å². The fourth-order valence-corrected chi connectivity index (χ4v) is 4.82. The molecule has 1 saturated carbocycles.